The molecular weight excluding hydrogens is 565 g/mol. The van der Waals surface area contributed by atoms with Gasteiger partial charge in [0.1, 0.15) is 0 Å². The van der Waals surface area contributed by atoms with Gasteiger partial charge in [0.15, 0.2) is 7.14 Å². The topological polar surface area (TPSA) is 22.0 Å². The van der Waals surface area contributed by atoms with Crippen molar-refractivity contribution in [3.8, 4) is 5.69 Å². The van der Waals surface area contributed by atoms with Crippen molar-refractivity contribution in [2.75, 3.05) is 0 Å². The van der Waals surface area contributed by atoms with Crippen LogP contribution in [0.5, 0.6) is 0 Å². The first-order valence-corrected chi connectivity index (χ1v) is 17.0. The first kappa shape index (κ1) is 26.0. The summed E-state index contributed by atoms with van der Waals surface area (Å²) < 4.78 is 17.6. The van der Waals surface area contributed by atoms with Gasteiger partial charge in [0.05, 0.1) is 11.0 Å². The molecule has 0 spiro atoms. The summed E-state index contributed by atoms with van der Waals surface area (Å²) in [4.78, 5) is 0. The molecule has 45 heavy (non-hydrogen) atoms. The second-order valence-corrected chi connectivity index (χ2v) is 14.4. The zero-order valence-corrected chi connectivity index (χ0v) is 25.4. The average molecular weight is 594 g/mol. The highest BCUT2D eigenvalue weighted by molar-refractivity contribution is 7.85. The number of benzene rings is 8. The highest BCUT2D eigenvalue weighted by atomic mass is 31.2. The average Bonchev–Trinajstić information content (AvgIpc) is 3.48. The van der Waals surface area contributed by atoms with Crippen molar-refractivity contribution in [2.45, 2.75) is 0 Å². The van der Waals surface area contributed by atoms with Gasteiger partial charge in [-0.2, -0.15) is 0 Å². The van der Waals surface area contributed by atoms with Crippen LogP contribution in [0.3, 0.4) is 0 Å². The van der Waals surface area contributed by atoms with Crippen LogP contribution in [0.1, 0.15) is 0 Å². The van der Waals surface area contributed by atoms with Crippen LogP contribution >= 0.6 is 7.14 Å². The molecule has 3 heteroatoms. The summed E-state index contributed by atoms with van der Waals surface area (Å²) >= 11 is 0. The summed E-state index contributed by atoms with van der Waals surface area (Å²) in [6.07, 6.45) is 0. The molecule has 212 valence electrons. The minimum Gasteiger partial charge on any atom is -0.309 e. The predicted molar refractivity (Wildman–Crippen MR) is 193 cm³/mol. The van der Waals surface area contributed by atoms with Crippen molar-refractivity contribution in [1.29, 1.82) is 0 Å². The minimum atomic E-state index is -3.09. The van der Waals surface area contributed by atoms with Gasteiger partial charge < -0.3 is 9.13 Å². The SMILES string of the molecule is O=P(c1ccccc1)(c1ccccc1)c1ccc(-n2c3c4ccccc4ccc3c3c4ccccc4c4ccccc4c32)cc1. The van der Waals surface area contributed by atoms with Crippen molar-refractivity contribution in [2.24, 2.45) is 0 Å². The predicted octanol–water partition coefficient (Wildman–Crippen LogP) is 9.88. The molecular formula is C42H28NOP. The zero-order valence-electron chi connectivity index (χ0n) is 24.5. The molecule has 9 aromatic rings. The van der Waals surface area contributed by atoms with Gasteiger partial charge in [-0.1, -0.05) is 146 Å². The summed E-state index contributed by atoms with van der Waals surface area (Å²) in [5, 5.41) is 12.4. The Kier molecular flexibility index (Phi) is 5.81. The van der Waals surface area contributed by atoms with Gasteiger partial charge in [0, 0.05) is 43.1 Å². The molecule has 1 heterocycles. The van der Waals surface area contributed by atoms with Crippen LogP contribution in [0.15, 0.2) is 170 Å². The molecule has 0 aliphatic rings. The van der Waals surface area contributed by atoms with Gasteiger partial charge in [0.2, 0.25) is 0 Å². The molecule has 0 unspecified atom stereocenters. The largest absolute Gasteiger partial charge is 0.309 e. The molecule has 0 fully saturated rings. The smallest absolute Gasteiger partial charge is 0.171 e. The normalized spacial score (nSPS) is 12.1. The van der Waals surface area contributed by atoms with E-state index in [9.17, 15) is 0 Å². The van der Waals surface area contributed by atoms with E-state index in [1.165, 1.54) is 54.1 Å². The highest BCUT2D eigenvalue weighted by Crippen LogP contribution is 2.45. The fraction of sp³-hybridized carbons (Fsp3) is 0. The van der Waals surface area contributed by atoms with Gasteiger partial charge in [-0.3, -0.25) is 0 Å². The summed E-state index contributed by atoms with van der Waals surface area (Å²) in [5.41, 5.74) is 3.42. The van der Waals surface area contributed by atoms with Crippen molar-refractivity contribution >= 4 is 77.2 Å². The van der Waals surface area contributed by atoms with Crippen molar-refractivity contribution in [3.05, 3.63) is 170 Å². The number of fused-ring (bicyclic) bond motifs is 10. The molecule has 0 atom stereocenters. The molecule has 2 nitrogen and oxygen atoms in total. The van der Waals surface area contributed by atoms with Gasteiger partial charge in [0.25, 0.3) is 0 Å². The molecule has 9 rings (SSSR count). The Morgan fingerprint density at radius 1 is 0.356 bits per heavy atom. The molecule has 0 aliphatic heterocycles. The maximum absolute atomic E-state index is 15.1. The summed E-state index contributed by atoms with van der Waals surface area (Å²) in [6, 6.07) is 58.9. The van der Waals surface area contributed by atoms with E-state index in [0.29, 0.717) is 0 Å². The molecule has 1 aromatic heterocycles. The molecule has 0 bridgehead atoms. The molecule has 0 saturated heterocycles. The van der Waals surface area contributed by atoms with Crippen LogP contribution in [-0.4, -0.2) is 4.57 Å². The van der Waals surface area contributed by atoms with E-state index in [4.69, 9.17) is 0 Å². The van der Waals surface area contributed by atoms with Gasteiger partial charge >= 0.3 is 0 Å². The lowest BCUT2D eigenvalue weighted by atomic mass is 9.96. The van der Waals surface area contributed by atoms with Gasteiger partial charge in [-0.15, -0.1) is 0 Å². The summed E-state index contributed by atoms with van der Waals surface area (Å²) in [6.45, 7) is 0. The first-order chi connectivity index (χ1) is 22.2. The Balaban J connectivity index is 1.39. The highest BCUT2D eigenvalue weighted by Gasteiger charge is 2.30. The van der Waals surface area contributed by atoms with E-state index in [0.717, 1.165) is 21.6 Å². The monoisotopic (exact) mass is 593 g/mol. The Morgan fingerprint density at radius 3 is 1.49 bits per heavy atom. The Labute approximate surface area is 261 Å². The molecule has 0 amide bonds. The quantitative estimate of drug-likeness (QED) is 0.147. The van der Waals surface area contributed by atoms with Crippen LogP contribution in [0.4, 0.5) is 0 Å². The molecule has 0 aliphatic carbocycles. The van der Waals surface area contributed by atoms with Crippen LogP contribution in [-0.2, 0) is 4.57 Å². The third-order valence-electron chi connectivity index (χ3n) is 9.23. The third kappa shape index (κ3) is 3.80. The summed E-state index contributed by atoms with van der Waals surface area (Å²) in [7, 11) is -3.09. The Bertz CT molecular complexity index is 2560. The lowest BCUT2D eigenvalue weighted by Crippen LogP contribution is -2.24. The van der Waals surface area contributed by atoms with E-state index in [1.54, 1.807) is 0 Å². The maximum atomic E-state index is 15.1. The van der Waals surface area contributed by atoms with Crippen molar-refractivity contribution in [3.63, 3.8) is 0 Å². The number of hydrogen-bond donors (Lipinski definition) is 0. The minimum absolute atomic E-state index is 0.824. The number of rotatable bonds is 4. The van der Waals surface area contributed by atoms with Gasteiger partial charge in [-0.25, -0.2) is 0 Å². The Hall–Kier alpha value is -5.43. The van der Waals surface area contributed by atoms with E-state index >= 15 is 4.57 Å². The fourth-order valence-electron chi connectivity index (χ4n) is 7.23. The molecule has 0 N–H and O–H groups in total. The maximum Gasteiger partial charge on any atom is 0.171 e. The first-order valence-electron chi connectivity index (χ1n) is 15.3. The molecule has 0 saturated carbocycles. The van der Waals surface area contributed by atoms with E-state index in [-0.39, 0.29) is 0 Å². The third-order valence-corrected chi connectivity index (χ3v) is 12.3. The summed E-state index contributed by atoms with van der Waals surface area (Å²) in [5.74, 6) is 0. The van der Waals surface area contributed by atoms with Crippen molar-refractivity contribution in [1.82, 2.24) is 4.57 Å². The van der Waals surface area contributed by atoms with Crippen LogP contribution in [0.25, 0.3) is 59.8 Å². The Morgan fingerprint density at radius 2 is 0.844 bits per heavy atom. The lowest BCUT2D eigenvalue weighted by Gasteiger charge is -2.20. The zero-order chi connectivity index (χ0) is 30.0. The number of hydrogen-bond acceptors (Lipinski definition) is 1. The second-order valence-electron chi connectivity index (χ2n) is 11.6. The second kappa shape index (κ2) is 10.1. The van der Waals surface area contributed by atoms with Gasteiger partial charge in [-0.05, 0) is 45.8 Å². The molecule has 0 radical (unpaired) electrons. The van der Waals surface area contributed by atoms with E-state index in [2.05, 4.69) is 114 Å². The van der Waals surface area contributed by atoms with Crippen molar-refractivity contribution < 1.29 is 4.57 Å². The van der Waals surface area contributed by atoms with E-state index in [1.807, 2.05) is 60.7 Å². The van der Waals surface area contributed by atoms with Crippen LogP contribution < -0.4 is 15.9 Å². The standard InChI is InChI=1S/C42H28NOP/c44-45(31-14-3-1-4-15-31,32-16-5-2-6-17-32)33-26-24-30(25-27-33)43-41-34-18-8-7-13-29(34)23-28-39(41)40-37-21-11-9-19-35(37)36-20-10-12-22-38(36)42(40)43/h1-28H. The van der Waals surface area contributed by atoms with Crippen LogP contribution in [0, 0.1) is 0 Å². The van der Waals surface area contributed by atoms with Crippen LogP contribution in [0.2, 0.25) is 0 Å². The van der Waals surface area contributed by atoms with E-state index < -0.39 is 7.14 Å². The fourth-order valence-corrected chi connectivity index (χ4v) is 9.88. The molecule has 8 aromatic carbocycles. The number of aromatic nitrogens is 1. The number of nitrogens with zero attached hydrogens (tertiary/aromatic N) is 1. The lowest BCUT2D eigenvalue weighted by molar-refractivity contribution is 0.592.